The van der Waals surface area contributed by atoms with E-state index in [0.717, 1.165) is 10.8 Å². The van der Waals surface area contributed by atoms with Crippen molar-refractivity contribution < 1.29 is 15.0 Å². The Labute approximate surface area is 142 Å². The van der Waals surface area contributed by atoms with Crippen molar-refractivity contribution >= 4 is 33.8 Å². The minimum atomic E-state index is -1.02. The zero-order valence-electron chi connectivity index (χ0n) is 13.3. The Bertz CT molecular complexity index is 1130. The van der Waals surface area contributed by atoms with Crippen LogP contribution in [0.1, 0.15) is 15.9 Å². The highest BCUT2D eigenvalue weighted by Crippen LogP contribution is 2.31. The summed E-state index contributed by atoms with van der Waals surface area (Å²) in [6.45, 7) is 1.71. The molecule has 0 aliphatic heterocycles. The van der Waals surface area contributed by atoms with E-state index < -0.39 is 5.97 Å². The summed E-state index contributed by atoms with van der Waals surface area (Å²) in [6, 6.07) is 11.0. The van der Waals surface area contributed by atoms with Gasteiger partial charge < -0.3 is 15.5 Å². The molecule has 4 aromatic rings. The van der Waals surface area contributed by atoms with Gasteiger partial charge in [0.15, 0.2) is 5.82 Å². The third-order valence-electron chi connectivity index (χ3n) is 4.16. The summed E-state index contributed by atoms with van der Waals surface area (Å²) in [5.74, 6) is -0.393. The number of phenolic OH excluding ortho intramolecular Hbond substituents is 1. The second-order valence-corrected chi connectivity index (χ2v) is 5.72. The highest BCUT2D eigenvalue weighted by molar-refractivity contribution is 5.95. The van der Waals surface area contributed by atoms with Gasteiger partial charge in [0, 0.05) is 23.3 Å². The monoisotopic (exact) mass is 334 g/mol. The Hall–Kier alpha value is -3.61. The van der Waals surface area contributed by atoms with Gasteiger partial charge in [0.2, 0.25) is 0 Å². The second kappa shape index (κ2) is 5.48. The molecule has 124 valence electrons. The minimum absolute atomic E-state index is 0.156. The Morgan fingerprint density at radius 3 is 2.84 bits per heavy atom. The molecule has 3 N–H and O–H groups in total. The molecule has 0 fully saturated rings. The lowest BCUT2D eigenvalue weighted by atomic mass is 10.1. The van der Waals surface area contributed by atoms with Crippen LogP contribution in [-0.4, -0.2) is 30.8 Å². The lowest BCUT2D eigenvalue weighted by Crippen LogP contribution is -2.00. The van der Waals surface area contributed by atoms with E-state index >= 15 is 0 Å². The topological polar surface area (TPSA) is 99.8 Å². The number of carboxylic acids is 1. The summed E-state index contributed by atoms with van der Waals surface area (Å²) >= 11 is 0. The van der Waals surface area contributed by atoms with E-state index in [4.69, 9.17) is 0 Å². The van der Waals surface area contributed by atoms with Crippen molar-refractivity contribution in [2.24, 2.45) is 0 Å². The number of nitrogens with one attached hydrogen (secondary N) is 1. The number of carboxylic acid groups (broad SMARTS) is 1. The fraction of sp³-hybridized carbons (Fsp3) is 0.0556. The number of aromatic hydroxyl groups is 1. The predicted octanol–water partition coefficient (Wildman–Crippen LogP) is 3.34. The molecule has 4 rings (SSSR count). The van der Waals surface area contributed by atoms with Gasteiger partial charge in [-0.2, -0.15) is 5.10 Å². The van der Waals surface area contributed by atoms with Crippen molar-refractivity contribution in [1.82, 2.24) is 14.6 Å². The van der Waals surface area contributed by atoms with Crippen LogP contribution < -0.4 is 5.32 Å². The maximum Gasteiger partial charge on any atom is 0.337 e. The standard InChI is InChI=1S/C18H14N4O3/c1-10-14(18(24)25)8-22-16(10)17(19-9-20-22)21-12-6-11-4-2-3-5-13(11)15(23)7-12/h2-9,23H,1H3,(H,24,25)(H,19,20,21). The van der Waals surface area contributed by atoms with Gasteiger partial charge in [-0.05, 0) is 23.9 Å². The average molecular weight is 334 g/mol. The summed E-state index contributed by atoms with van der Waals surface area (Å²) in [5, 5.41) is 28.4. The lowest BCUT2D eigenvalue weighted by molar-refractivity contribution is 0.0696. The number of hydrogen-bond acceptors (Lipinski definition) is 5. The van der Waals surface area contributed by atoms with Crippen molar-refractivity contribution in [3.8, 4) is 5.75 Å². The van der Waals surface area contributed by atoms with Gasteiger partial charge in [0.05, 0.1) is 5.56 Å². The Morgan fingerprint density at radius 2 is 2.04 bits per heavy atom. The average Bonchev–Trinajstić information content (AvgIpc) is 2.93. The van der Waals surface area contributed by atoms with Gasteiger partial charge in [-0.3, -0.25) is 0 Å². The van der Waals surface area contributed by atoms with E-state index in [1.165, 1.54) is 17.0 Å². The molecular formula is C18H14N4O3. The number of carbonyl (C=O) groups is 1. The van der Waals surface area contributed by atoms with Crippen LogP contribution in [0.5, 0.6) is 5.75 Å². The van der Waals surface area contributed by atoms with E-state index in [0.29, 0.717) is 22.6 Å². The van der Waals surface area contributed by atoms with Crippen molar-refractivity contribution in [2.75, 3.05) is 5.32 Å². The number of benzene rings is 2. The van der Waals surface area contributed by atoms with Crippen LogP contribution in [0.15, 0.2) is 48.9 Å². The van der Waals surface area contributed by atoms with Gasteiger partial charge in [0.1, 0.15) is 17.6 Å². The van der Waals surface area contributed by atoms with Gasteiger partial charge >= 0.3 is 5.97 Å². The number of nitrogens with zero attached hydrogens (tertiary/aromatic N) is 3. The van der Waals surface area contributed by atoms with E-state index in [9.17, 15) is 15.0 Å². The molecule has 0 amide bonds. The lowest BCUT2D eigenvalue weighted by Gasteiger charge is -2.10. The molecule has 0 bridgehead atoms. The van der Waals surface area contributed by atoms with Crippen molar-refractivity contribution in [3.63, 3.8) is 0 Å². The smallest absolute Gasteiger partial charge is 0.337 e. The first kappa shape index (κ1) is 14.9. The fourth-order valence-electron chi connectivity index (χ4n) is 2.97. The zero-order valence-corrected chi connectivity index (χ0v) is 13.3. The van der Waals surface area contributed by atoms with Crippen LogP contribution in [0.4, 0.5) is 11.5 Å². The molecule has 0 radical (unpaired) electrons. The maximum absolute atomic E-state index is 11.3. The molecule has 7 heteroatoms. The fourth-order valence-corrected chi connectivity index (χ4v) is 2.97. The minimum Gasteiger partial charge on any atom is -0.507 e. The highest BCUT2D eigenvalue weighted by Gasteiger charge is 2.17. The molecule has 0 saturated heterocycles. The van der Waals surface area contributed by atoms with E-state index in [1.54, 1.807) is 13.0 Å². The Kier molecular flexibility index (Phi) is 3.28. The number of anilines is 2. The SMILES string of the molecule is Cc1c(C(=O)O)cn2ncnc(Nc3cc(O)c4ccccc4c3)c12. The first-order valence-corrected chi connectivity index (χ1v) is 7.59. The molecule has 0 saturated carbocycles. The van der Waals surface area contributed by atoms with Crippen LogP contribution in [0.3, 0.4) is 0 Å². The summed E-state index contributed by atoms with van der Waals surface area (Å²) in [7, 11) is 0. The first-order valence-electron chi connectivity index (χ1n) is 7.59. The summed E-state index contributed by atoms with van der Waals surface area (Å²) in [6.07, 6.45) is 2.80. The molecule has 2 aromatic carbocycles. The first-order chi connectivity index (χ1) is 12.0. The third-order valence-corrected chi connectivity index (χ3v) is 4.16. The molecular weight excluding hydrogens is 320 g/mol. The molecule has 0 unspecified atom stereocenters. The maximum atomic E-state index is 11.3. The zero-order chi connectivity index (χ0) is 17.6. The molecule has 2 aromatic heterocycles. The number of fused-ring (bicyclic) bond motifs is 2. The largest absolute Gasteiger partial charge is 0.507 e. The summed E-state index contributed by atoms with van der Waals surface area (Å²) < 4.78 is 1.48. The quantitative estimate of drug-likeness (QED) is 0.531. The predicted molar refractivity (Wildman–Crippen MR) is 93.6 cm³/mol. The highest BCUT2D eigenvalue weighted by atomic mass is 16.4. The van der Waals surface area contributed by atoms with E-state index in [1.807, 2.05) is 30.3 Å². The number of aryl methyl sites for hydroxylation is 1. The molecule has 0 aliphatic carbocycles. The number of rotatable bonds is 3. The second-order valence-electron chi connectivity index (χ2n) is 5.72. The van der Waals surface area contributed by atoms with Gasteiger partial charge in [-0.15, -0.1) is 0 Å². The van der Waals surface area contributed by atoms with Crippen LogP contribution in [-0.2, 0) is 0 Å². The van der Waals surface area contributed by atoms with Crippen LogP contribution in [0.2, 0.25) is 0 Å². The van der Waals surface area contributed by atoms with E-state index in [-0.39, 0.29) is 11.3 Å². The van der Waals surface area contributed by atoms with Crippen LogP contribution in [0, 0.1) is 6.92 Å². The Balaban J connectivity index is 1.85. The molecule has 7 nitrogen and oxygen atoms in total. The number of aromatic carboxylic acids is 1. The van der Waals surface area contributed by atoms with Gasteiger partial charge in [-0.1, -0.05) is 24.3 Å². The molecule has 0 spiro atoms. The van der Waals surface area contributed by atoms with Crippen LogP contribution in [0.25, 0.3) is 16.3 Å². The number of phenols is 1. The van der Waals surface area contributed by atoms with Crippen LogP contribution >= 0.6 is 0 Å². The number of hydrogen-bond donors (Lipinski definition) is 3. The molecule has 0 aliphatic rings. The normalized spacial score (nSPS) is 11.1. The molecule has 0 atom stereocenters. The Morgan fingerprint density at radius 1 is 1.24 bits per heavy atom. The molecule has 25 heavy (non-hydrogen) atoms. The summed E-state index contributed by atoms with van der Waals surface area (Å²) in [4.78, 5) is 15.6. The summed E-state index contributed by atoms with van der Waals surface area (Å²) in [5.41, 5.74) is 1.97. The van der Waals surface area contributed by atoms with Gasteiger partial charge in [-0.25, -0.2) is 14.3 Å². The van der Waals surface area contributed by atoms with Crippen molar-refractivity contribution in [2.45, 2.75) is 6.92 Å². The van der Waals surface area contributed by atoms with E-state index in [2.05, 4.69) is 15.4 Å². The van der Waals surface area contributed by atoms with Gasteiger partial charge in [0.25, 0.3) is 0 Å². The van der Waals surface area contributed by atoms with Crippen molar-refractivity contribution in [1.29, 1.82) is 0 Å². The number of aromatic nitrogens is 3. The third kappa shape index (κ3) is 2.42. The van der Waals surface area contributed by atoms with Crippen molar-refractivity contribution in [3.05, 3.63) is 60.0 Å². The molecule has 2 heterocycles.